The molecule has 4 rings (SSSR count). The van der Waals surface area contributed by atoms with Crippen LogP contribution in [0.15, 0.2) is 72.6 Å². The molecule has 3 aromatic rings. The lowest BCUT2D eigenvalue weighted by Gasteiger charge is -2.26. The first-order chi connectivity index (χ1) is 16.6. The van der Waals surface area contributed by atoms with Gasteiger partial charge in [0.15, 0.2) is 0 Å². The highest BCUT2D eigenvalue weighted by Crippen LogP contribution is 2.41. The third kappa shape index (κ3) is 4.80. The van der Waals surface area contributed by atoms with E-state index in [1.54, 1.807) is 30.6 Å². The van der Waals surface area contributed by atoms with Gasteiger partial charge in [-0.3, -0.25) is 14.6 Å². The van der Waals surface area contributed by atoms with E-state index in [4.69, 9.17) is 16.3 Å². The van der Waals surface area contributed by atoms with E-state index >= 15 is 0 Å². The molecule has 0 unspecified atom stereocenters. The summed E-state index contributed by atoms with van der Waals surface area (Å²) in [5.74, 6) is -1.27. The van der Waals surface area contributed by atoms with Gasteiger partial charge in [-0.15, -0.1) is 0 Å². The number of hydrogen-bond acceptors (Lipinski definition) is 5. The Bertz CT molecular complexity index is 1290. The number of aliphatic hydroxyl groups excluding tert-OH is 1. The number of carbonyl (C=O) groups excluding carboxylic acids is 2. The van der Waals surface area contributed by atoms with E-state index in [0.717, 1.165) is 16.7 Å². The average molecular weight is 491 g/mol. The molecule has 1 fully saturated rings. The van der Waals surface area contributed by atoms with Crippen LogP contribution in [0.4, 0.5) is 0 Å². The molecule has 180 valence electrons. The highest BCUT2D eigenvalue weighted by molar-refractivity contribution is 6.46. The zero-order valence-corrected chi connectivity index (χ0v) is 20.8. The summed E-state index contributed by atoms with van der Waals surface area (Å²) in [7, 11) is 1.49. The Hall–Kier alpha value is -3.64. The topological polar surface area (TPSA) is 79.7 Å². The largest absolute Gasteiger partial charge is 0.507 e. The van der Waals surface area contributed by atoms with Gasteiger partial charge in [0.1, 0.15) is 11.5 Å². The summed E-state index contributed by atoms with van der Waals surface area (Å²) in [5, 5.41) is 11.5. The third-order valence-electron chi connectivity index (χ3n) is 6.13. The summed E-state index contributed by atoms with van der Waals surface area (Å²) < 4.78 is 5.19. The van der Waals surface area contributed by atoms with Crippen LogP contribution in [0.3, 0.4) is 0 Å². The molecule has 0 bridgehead atoms. The first kappa shape index (κ1) is 24.5. The summed E-state index contributed by atoms with van der Waals surface area (Å²) in [6.07, 6.45) is 3.30. The number of nitrogens with zero attached hydrogens (tertiary/aromatic N) is 2. The normalized spacial score (nSPS) is 17.6. The summed E-state index contributed by atoms with van der Waals surface area (Å²) in [4.78, 5) is 32.1. The number of Topliss-reactive ketones (excluding diaryl/α,β-unsaturated/α-hetero) is 1. The van der Waals surface area contributed by atoms with Crippen LogP contribution in [0, 0.1) is 0 Å². The molecule has 0 aliphatic carbocycles. The predicted octanol–water partition coefficient (Wildman–Crippen LogP) is 5.66. The Morgan fingerprint density at radius 1 is 1.11 bits per heavy atom. The Morgan fingerprint density at radius 2 is 1.83 bits per heavy atom. The molecule has 1 atom stereocenters. The van der Waals surface area contributed by atoms with Gasteiger partial charge in [0.2, 0.25) is 0 Å². The molecule has 2 heterocycles. The molecule has 0 spiro atoms. The van der Waals surface area contributed by atoms with Gasteiger partial charge in [-0.25, -0.2) is 0 Å². The fourth-order valence-corrected chi connectivity index (χ4v) is 4.47. The summed E-state index contributed by atoms with van der Waals surface area (Å²) >= 11 is 6.27. The molecule has 1 aliphatic rings. The molecule has 7 heteroatoms. The number of benzene rings is 2. The average Bonchev–Trinajstić information content (AvgIpc) is 3.08. The van der Waals surface area contributed by atoms with E-state index in [0.29, 0.717) is 11.3 Å². The fourth-order valence-electron chi connectivity index (χ4n) is 4.21. The van der Waals surface area contributed by atoms with Crippen LogP contribution in [0.5, 0.6) is 5.75 Å². The number of likely N-dealkylation sites (tertiary alicyclic amines) is 1. The SMILES string of the molecule is COc1ccc(C(O)=C2C(=O)C(=O)N(Cc3cccnc3)[C@H]2c2ccc(C(C)(C)C)cc2)cc1Cl. The zero-order chi connectivity index (χ0) is 25.3. The summed E-state index contributed by atoms with van der Waals surface area (Å²) in [6.45, 7) is 6.52. The van der Waals surface area contributed by atoms with Gasteiger partial charge < -0.3 is 14.7 Å². The lowest BCUT2D eigenvalue weighted by Crippen LogP contribution is -2.29. The highest BCUT2D eigenvalue weighted by atomic mass is 35.5. The van der Waals surface area contributed by atoms with Crippen LogP contribution in [-0.2, 0) is 21.5 Å². The maximum Gasteiger partial charge on any atom is 0.295 e. The van der Waals surface area contributed by atoms with Crippen LogP contribution in [0.1, 0.15) is 49.1 Å². The van der Waals surface area contributed by atoms with Crippen molar-refractivity contribution >= 4 is 29.1 Å². The van der Waals surface area contributed by atoms with Gasteiger partial charge in [0.25, 0.3) is 11.7 Å². The number of hydrogen-bond donors (Lipinski definition) is 1. The highest BCUT2D eigenvalue weighted by Gasteiger charge is 2.46. The fraction of sp³-hybridized carbons (Fsp3) is 0.250. The molecular formula is C28H27ClN2O4. The second-order valence-electron chi connectivity index (χ2n) is 9.51. The van der Waals surface area contributed by atoms with Crippen molar-refractivity contribution in [3.05, 3.63) is 99.8 Å². The number of ketones is 1. The minimum atomic E-state index is -0.773. The number of ether oxygens (including phenoxy) is 1. The van der Waals surface area contributed by atoms with Crippen molar-refractivity contribution in [3.63, 3.8) is 0 Å². The molecular weight excluding hydrogens is 464 g/mol. The van der Waals surface area contributed by atoms with Crippen molar-refractivity contribution in [1.82, 2.24) is 9.88 Å². The Labute approximate surface area is 209 Å². The molecule has 6 nitrogen and oxygen atoms in total. The second-order valence-corrected chi connectivity index (χ2v) is 9.92. The van der Waals surface area contributed by atoms with Crippen molar-refractivity contribution in [2.45, 2.75) is 38.8 Å². The minimum absolute atomic E-state index is 0.0173. The quantitative estimate of drug-likeness (QED) is 0.283. The number of aromatic nitrogens is 1. The van der Waals surface area contributed by atoms with Crippen molar-refractivity contribution in [1.29, 1.82) is 0 Å². The van der Waals surface area contributed by atoms with Gasteiger partial charge in [-0.1, -0.05) is 62.7 Å². The van der Waals surface area contributed by atoms with Crippen molar-refractivity contribution in [2.24, 2.45) is 0 Å². The first-order valence-electron chi connectivity index (χ1n) is 11.2. The van der Waals surface area contributed by atoms with E-state index in [2.05, 4.69) is 25.8 Å². The van der Waals surface area contributed by atoms with Gasteiger partial charge in [0, 0.05) is 24.5 Å². The van der Waals surface area contributed by atoms with Gasteiger partial charge >= 0.3 is 0 Å². The monoisotopic (exact) mass is 490 g/mol. The van der Waals surface area contributed by atoms with E-state index in [1.807, 2.05) is 30.3 Å². The van der Waals surface area contributed by atoms with E-state index in [9.17, 15) is 14.7 Å². The lowest BCUT2D eigenvalue weighted by atomic mass is 9.85. The zero-order valence-electron chi connectivity index (χ0n) is 20.1. The Kier molecular flexibility index (Phi) is 6.68. The summed E-state index contributed by atoms with van der Waals surface area (Å²) in [5.41, 5.74) is 2.90. The van der Waals surface area contributed by atoms with Gasteiger partial charge in [-0.05, 0) is 46.4 Å². The number of methoxy groups -OCH3 is 1. The summed E-state index contributed by atoms with van der Waals surface area (Å²) in [6, 6.07) is 15.4. The van der Waals surface area contributed by atoms with Crippen LogP contribution < -0.4 is 4.74 Å². The number of amides is 1. The number of aliphatic hydroxyl groups is 1. The molecule has 2 aromatic carbocycles. The number of rotatable bonds is 5. The second kappa shape index (κ2) is 9.55. The smallest absolute Gasteiger partial charge is 0.295 e. The first-order valence-corrected chi connectivity index (χ1v) is 11.6. The van der Waals surface area contributed by atoms with Crippen LogP contribution in [0.25, 0.3) is 5.76 Å². The van der Waals surface area contributed by atoms with Crippen LogP contribution in [-0.4, -0.2) is 33.8 Å². The molecule has 1 amide bonds. The van der Waals surface area contributed by atoms with Gasteiger partial charge in [-0.2, -0.15) is 0 Å². The molecule has 35 heavy (non-hydrogen) atoms. The Balaban J connectivity index is 1.86. The van der Waals surface area contributed by atoms with Gasteiger partial charge in [0.05, 0.1) is 23.7 Å². The molecule has 0 saturated carbocycles. The van der Waals surface area contributed by atoms with Crippen molar-refractivity contribution in [3.8, 4) is 5.75 Å². The van der Waals surface area contributed by atoms with Crippen molar-refractivity contribution in [2.75, 3.05) is 7.11 Å². The molecule has 1 saturated heterocycles. The molecule has 1 N–H and O–H groups in total. The minimum Gasteiger partial charge on any atom is -0.507 e. The third-order valence-corrected chi connectivity index (χ3v) is 6.43. The van der Waals surface area contributed by atoms with Crippen LogP contribution >= 0.6 is 11.6 Å². The maximum atomic E-state index is 13.3. The molecule has 1 aliphatic heterocycles. The van der Waals surface area contributed by atoms with E-state index < -0.39 is 17.7 Å². The van der Waals surface area contributed by atoms with E-state index in [-0.39, 0.29) is 28.3 Å². The number of halogens is 1. The maximum absolute atomic E-state index is 13.3. The predicted molar refractivity (Wildman–Crippen MR) is 135 cm³/mol. The molecule has 0 radical (unpaired) electrons. The van der Waals surface area contributed by atoms with Crippen molar-refractivity contribution < 1.29 is 19.4 Å². The standard InChI is InChI=1S/C28H27ClN2O4/c1-28(2,3)20-10-7-18(8-11-20)24-23(25(32)19-9-12-22(35-4)21(29)14-19)26(33)27(34)31(24)16-17-6-5-13-30-15-17/h5-15,24,32H,16H2,1-4H3/t24-/m0/s1. The van der Waals surface area contributed by atoms with E-state index in [1.165, 1.54) is 18.1 Å². The van der Waals surface area contributed by atoms with Crippen LogP contribution in [0.2, 0.25) is 5.02 Å². The molecule has 1 aromatic heterocycles. The lowest BCUT2D eigenvalue weighted by molar-refractivity contribution is -0.140. The number of carbonyl (C=O) groups is 2. The Morgan fingerprint density at radius 3 is 2.40 bits per heavy atom. The number of pyridine rings is 1.